The van der Waals surface area contributed by atoms with E-state index in [1.165, 1.54) is 29.5 Å². The molecular weight excluding hydrogens is 465 g/mol. The molecular formula is C21H17ClFNO5S2. The highest BCUT2D eigenvalue weighted by Gasteiger charge is 2.28. The summed E-state index contributed by atoms with van der Waals surface area (Å²) in [5.74, 6) is -2.27. The van der Waals surface area contributed by atoms with Crippen LogP contribution in [-0.4, -0.2) is 31.1 Å². The first-order chi connectivity index (χ1) is 14.9. The number of carbonyl (C=O) groups excluding carboxylic acids is 3. The van der Waals surface area contributed by atoms with Gasteiger partial charge in [-0.3, -0.25) is 4.79 Å². The maximum atomic E-state index is 13.4. The van der Waals surface area contributed by atoms with E-state index in [0.717, 1.165) is 41.0 Å². The molecule has 1 N–H and O–H groups in total. The summed E-state index contributed by atoms with van der Waals surface area (Å²) in [4.78, 5) is 38.3. The second kappa shape index (κ2) is 8.94. The fourth-order valence-corrected chi connectivity index (χ4v) is 6.16. The topological polar surface area (TPSA) is 81.7 Å². The normalized spacial score (nSPS) is 12.6. The number of anilines is 1. The van der Waals surface area contributed by atoms with Crippen LogP contribution in [0.4, 0.5) is 9.39 Å². The van der Waals surface area contributed by atoms with Crippen molar-refractivity contribution < 1.29 is 28.2 Å². The van der Waals surface area contributed by atoms with Crippen LogP contribution in [-0.2, 0) is 27.1 Å². The molecule has 162 valence electrons. The summed E-state index contributed by atoms with van der Waals surface area (Å²) < 4.78 is 24.1. The molecule has 10 heteroatoms. The molecule has 4 rings (SSSR count). The second-order valence-electron chi connectivity index (χ2n) is 6.79. The lowest BCUT2D eigenvalue weighted by Gasteiger charge is -2.08. The highest BCUT2D eigenvalue weighted by atomic mass is 35.5. The van der Waals surface area contributed by atoms with Gasteiger partial charge in [0.1, 0.15) is 15.7 Å². The molecule has 2 aromatic heterocycles. The monoisotopic (exact) mass is 481 g/mol. The van der Waals surface area contributed by atoms with E-state index in [-0.39, 0.29) is 16.5 Å². The molecule has 0 fully saturated rings. The molecule has 0 saturated heterocycles. The zero-order valence-corrected chi connectivity index (χ0v) is 18.8. The van der Waals surface area contributed by atoms with Crippen molar-refractivity contribution in [2.45, 2.75) is 26.2 Å². The number of benzene rings is 1. The third-order valence-electron chi connectivity index (χ3n) is 4.77. The third kappa shape index (κ3) is 4.30. The average Bonchev–Trinajstić information content (AvgIpc) is 3.39. The quantitative estimate of drug-likeness (QED) is 0.488. The van der Waals surface area contributed by atoms with Crippen molar-refractivity contribution in [2.24, 2.45) is 0 Å². The van der Waals surface area contributed by atoms with E-state index >= 15 is 0 Å². The number of halogens is 2. The van der Waals surface area contributed by atoms with E-state index in [1.54, 1.807) is 6.92 Å². The first kappa shape index (κ1) is 21.7. The van der Waals surface area contributed by atoms with Gasteiger partial charge in [0.2, 0.25) is 0 Å². The molecule has 6 nitrogen and oxygen atoms in total. The van der Waals surface area contributed by atoms with Crippen LogP contribution in [0.15, 0.2) is 18.2 Å². The lowest BCUT2D eigenvalue weighted by molar-refractivity contribution is -0.119. The van der Waals surface area contributed by atoms with E-state index < -0.39 is 30.3 Å². The fraction of sp³-hybridized carbons (Fsp3) is 0.286. The first-order valence-corrected chi connectivity index (χ1v) is 11.6. The van der Waals surface area contributed by atoms with E-state index in [0.29, 0.717) is 20.7 Å². The Bertz CT molecular complexity index is 1200. The summed E-state index contributed by atoms with van der Waals surface area (Å²) in [6, 6.07) is 4.02. The van der Waals surface area contributed by atoms with Crippen LogP contribution < -0.4 is 5.32 Å². The van der Waals surface area contributed by atoms with Gasteiger partial charge in [0, 0.05) is 15.0 Å². The molecule has 0 aliphatic heterocycles. The van der Waals surface area contributed by atoms with E-state index in [1.807, 2.05) is 0 Å². The predicted molar refractivity (Wildman–Crippen MR) is 118 cm³/mol. The fourth-order valence-electron chi connectivity index (χ4n) is 3.44. The number of carbonyl (C=O) groups is 3. The predicted octanol–water partition coefficient (Wildman–Crippen LogP) is 5.22. The number of ether oxygens (including phenoxy) is 2. The Morgan fingerprint density at radius 1 is 1.16 bits per heavy atom. The average molecular weight is 482 g/mol. The number of hydrogen-bond donors (Lipinski definition) is 1. The summed E-state index contributed by atoms with van der Waals surface area (Å²) in [5, 5.41) is 3.76. The number of aryl methyl sites for hydroxylation is 1. The molecule has 0 saturated carbocycles. The number of rotatable bonds is 6. The van der Waals surface area contributed by atoms with E-state index in [9.17, 15) is 18.8 Å². The molecule has 0 unspecified atom stereocenters. The van der Waals surface area contributed by atoms with Gasteiger partial charge >= 0.3 is 11.9 Å². The van der Waals surface area contributed by atoms with Crippen LogP contribution in [0.25, 0.3) is 10.1 Å². The zero-order valence-electron chi connectivity index (χ0n) is 16.4. The maximum Gasteiger partial charge on any atom is 0.350 e. The molecule has 1 aliphatic rings. The van der Waals surface area contributed by atoms with Crippen molar-refractivity contribution in [3.63, 3.8) is 0 Å². The smallest absolute Gasteiger partial charge is 0.350 e. The van der Waals surface area contributed by atoms with Crippen LogP contribution in [0.1, 0.15) is 43.8 Å². The summed E-state index contributed by atoms with van der Waals surface area (Å²) in [6.45, 7) is 1.40. The van der Waals surface area contributed by atoms with Crippen molar-refractivity contribution in [2.75, 3.05) is 18.5 Å². The van der Waals surface area contributed by atoms with Crippen molar-refractivity contribution >= 4 is 67.2 Å². The van der Waals surface area contributed by atoms with Crippen LogP contribution in [0.2, 0.25) is 5.02 Å². The summed E-state index contributed by atoms with van der Waals surface area (Å²) in [6.07, 6.45) is 2.57. The van der Waals surface area contributed by atoms with Gasteiger partial charge in [-0.15, -0.1) is 22.7 Å². The SMILES string of the molecule is CCOC(=O)c1c(NC(=O)COC(=O)c2sc3cc(F)ccc3c2Cl)sc2c1CCC2. The number of fused-ring (bicyclic) bond motifs is 2. The van der Waals surface area contributed by atoms with Crippen LogP contribution in [0.5, 0.6) is 0 Å². The molecule has 31 heavy (non-hydrogen) atoms. The van der Waals surface area contributed by atoms with Gasteiger partial charge in [-0.25, -0.2) is 14.0 Å². The molecule has 1 amide bonds. The minimum absolute atomic E-state index is 0.0948. The van der Waals surface area contributed by atoms with Gasteiger partial charge in [-0.2, -0.15) is 0 Å². The summed E-state index contributed by atoms with van der Waals surface area (Å²) in [5.41, 5.74) is 1.30. The molecule has 1 aromatic carbocycles. The van der Waals surface area contributed by atoms with Crippen LogP contribution >= 0.6 is 34.3 Å². The van der Waals surface area contributed by atoms with Gasteiger partial charge < -0.3 is 14.8 Å². The van der Waals surface area contributed by atoms with Gasteiger partial charge in [0.15, 0.2) is 6.61 Å². The van der Waals surface area contributed by atoms with E-state index in [2.05, 4.69) is 5.32 Å². The Morgan fingerprint density at radius 3 is 2.74 bits per heavy atom. The molecule has 0 atom stereocenters. The molecule has 3 aromatic rings. The summed E-state index contributed by atoms with van der Waals surface area (Å²) in [7, 11) is 0. The lowest BCUT2D eigenvalue weighted by Crippen LogP contribution is -2.21. The molecule has 2 heterocycles. The Labute approximate surface area is 189 Å². The van der Waals surface area contributed by atoms with Gasteiger partial charge in [0.05, 0.1) is 17.2 Å². The lowest BCUT2D eigenvalue weighted by atomic mass is 10.1. The van der Waals surface area contributed by atoms with Crippen LogP contribution in [0, 0.1) is 5.82 Å². The number of thiophene rings is 2. The molecule has 1 aliphatic carbocycles. The number of nitrogens with one attached hydrogen (secondary N) is 1. The van der Waals surface area contributed by atoms with Crippen molar-refractivity contribution in [1.82, 2.24) is 0 Å². The Balaban J connectivity index is 1.45. The minimum Gasteiger partial charge on any atom is -0.462 e. The summed E-state index contributed by atoms with van der Waals surface area (Å²) >= 11 is 8.55. The zero-order chi connectivity index (χ0) is 22.1. The van der Waals surface area contributed by atoms with Gasteiger partial charge in [0.25, 0.3) is 5.91 Å². The maximum absolute atomic E-state index is 13.4. The third-order valence-corrected chi connectivity index (χ3v) is 7.61. The van der Waals surface area contributed by atoms with E-state index in [4.69, 9.17) is 21.1 Å². The Hall–Kier alpha value is -2.49. The van der Waals surface area contributed by atoms with Crippen molar-refractivity contribution in [3.8, 4) is 0 Å². The number of esters is 2. The number of amides is 1. The second-order valence-corrected chi connectivity index (χ2v) is 9.33. The number of hydrogen-bond acceptors (Lipinski definition) is 7. The largest absolute Gasteiger partial charge is 0.462 e. The standard InChI is InChI=1S/C21H17ClFNO5S2/c1-2-28-20(26)16-11-4-3-5-13(11)31-19(16)24-15(25)9-29-21(27)18-17(22)12-7-6-10(23)8-14(12)30-18/h6-8H,2-5,9H2,1H3,(H,24,25). The highest BCUT2D eigenvalue weighted by Crippen LogP contribution is 2.40. The van der Waals surface area contributed by atoms with Gasteiger partial charge in [-0.1, -0.05) is 11.6 Å². The highest BCUT2D eigenvalue weighted by molar-refractivity contribution is 7.21. The Morgan fingerprint density at radius 2 is 1.97 bits per heavy atom. The first-order valence-electron chi connectivity index (χ1n) is 9.55. The van der Waals surface area contributed by atoms with Crippen molar-refractivity contribution in [1.29, 1.82) is 0 Å². The van der Waals surface area contributed by atoms with Crippen LogP contribution in [0.3, 0.4) is 0 Å². The minimum atomic E-state index is -0.777. The van der Waals surface area contributed by atoms with Crippen molar-refractivity contribution in [3.05, 3.63) is 49.9 Å². The van der Waals surface area contributed by atoms with Gasteiger partial charge in [-0.05, 0) is 49.9 Å². The molecule has 0 spiro atoms. The Kier molecular flexibility index (Phi) is 6.27. The molecule has 0 bridgehead atoms. The molecule has 0 radical (unpaired) electrons.